The van der Waals surface area contributed by atoms with Gasteiger partial charge >= 0.3 is 12.4 Å². The molecule has 3 atom stereocenters. The van der Waals surface area contributed by atoms with Crippen LogP contribution in [0.5, 0.6) is 0 Å². The summed E-state index contributed by atoms with van der Waals surface area (Å²) in [5, 5.41) is 14.0. The smallest absolute Gasteiger partial charge is 0.377 e. The Hall–Kier alpha value is -4.29. The van der Waals surface area contributed by atoms with E-state index < -0.39 is 70.7 Å². The lowest BCUT2D eigenvalue weighted by Gasteiger charge is -2.42. The molecule has 4 heterocycles. The molecule has 4 fully saturated rings. The summed E-state index contributed by atoms with van der Waals surface area (Å²) in [7, 11) is 0. The average Bonchev–Trinajstić information content (AvgIpc) is 3.33. The number of rotatable bonds is 10. The number of benzene rings is 1. The molecule has 1 saturated carbocycles. The highest BCUT2D eigenvalue weighted by Gasteiger charge is 2.54. The SMILES string of the molecule is CC1(C)C(=O)N(c2ccc(C#N)c(C(F)(F)F)c2)[C@H](S)N1C1CCC(OCCN2CCN(CC(=O)Nc3ccc(C4CCC(=O)NC4=O)nc3)[C@@H](C(F)(F)F)C2)CC1. The molecule has 0 bridgehead atoms. The second-order valence-corrected chi connectivity index (χ2v) is 15.9. The van der Waals surface area contributed by atoms with Gasteiger partial charge in [0.1, 0.15) is 11.5 Å². The fourth-order valence-corrected chi connectivity index (χ4v) is 9.01. The highest BCUT2D eigenvalue weighted by atomic mass is 32.1. The Labute approximate surface area is 336 Å². The largest absolute Gasteiger partial charge is 0.417 e. The van der Waals surface area contributed by atoms with Gasteiger partial charge in [-0.2, -0.15) is 31.6 Å². The second-order valence-electron chi connectivity index (χ2n) is 15.5. The number of ether oxygens (including phenoxy) is 1. The minimum absolute atomic E-state index is 0.0123. The zero-order valence-electron chi connectivity index (χ0n) is 31.8. The number of aromatic nitrogens is 1. The molecule has 314 valence electrons. The van der Waals surface area contributed by atoms with Crippen molar-refractivity contribution in [2.75, 3.05) is 49.5 Å². The Kier molecular flexibility index (Phi) is 12.8. The predicted octanol–water partition coefficient (Wildman–Crippen LogP) is 4.65. The van der Waals surface area contributed by atoms with Crippen LogP contribution in [0.15, 0.2) is 36.5 Å². The fraction of sp³-hybridized carbons (Fsp3) is 0.579. The van der Waals surface area contributed by atoms with Gasteiger partial charge in [-0.25, -0.2) is 0 Å². The lowest BCUT2D eigenvalue weighted by atomic mass is 9.89. The first-order chi connectivity index (χ1) is 27.3. The molecule has 1 unspecified atom stereocenters. The minimum Gasteiger partial charge on any atom is -0.377 e. The standard InChI is InChI=1S/C38H44F6N8O5S/c1-36(2)34(56)51(25-5-3-22(18-45)28(17-25)37(39,40)41)35(58)52(36)24-6-8-26(9-7-24)57-16-15-49-13-14-50(30(20-49)38(42,43)44)21-32(54)47-23-4-11-29(46-19-23)27-10-12-31(53)48-33(27)55/h3-5,11,17,19,24,26-27,30,35,58H,6-10,12-16,20-21H2,1-2H3,(H,47,54)(H,48,53,55)/t24?,26?,27?,30-,35+/m1/s1. The first-order valence-electron chi connectivity index (χ1n) is 18.9. The van der Waals surface area contributed by atoms with Gasteiger partial charge in [-0.05, 0) is 76.3 Å². The van der Waals surface area contributed by atoms with Gasteiger partial charge < -0.3 is 10.1 Å². The summed E-state index contributed by atoms with van der Waals surface area (Å²) in [4.78, 5) is 60.1. The Morgan fingerprint density at radius 1 is 1.05 bits per heavy atom. The van der Waals surface area contributed by atoms with Crippen molar-refractivity contribution >= 4 is 47.6 Å². The number of hydrogen-bond donors (Lipinski definition) is 3. The zero-order valence-corrected chi connectivity index (χ0v) is 32.7. The van der Waals surface area contributed by atoms with E-state index in [9.17, 15) is 50.8 Å². The fourth-order valence-electron chi connectivity index (χ4n) is 8.30. The van der Waals surface area contributed by atoms with Gasteiger partial charge in [0.2, 0.25) is 23.6 Å². The summed E-state index contributed by atoms with van der Waals surface area (Å²) in [6, 6.07) is 5.68. The highest BCUT2D eigenvalue weighted by molar-refractivity contribution is 7.81. The van der Waals surface area contributed by atoms with Gasteiger partial charge in [-0.1, -0.05) is 0 Å². The topological polar surface area (TPSA) is 151 Å². The average molecular weight is 839 g/mol. The molecule has 0 spiro atoms. The summed E-state index contributed by atoms with van der Waals surface area (Å²) < 4.78 is 90.0. The van der Waals surface area contributed by atoms with Gasteiger partial charge in [0, 0.05) is 44.3 Å². The maximum absolute atomic E-state index is 14.2. The Bertz CT molecular complexity index is 1920. The number of hydrogen-bond acceptors (Lipinski definition) is 11. The summed E-state index contributed by atoms with van der Waals surface area (Å²) in [6.07, 6.45) is -5.44. The van der Waals surface area contributed by atoms with E-state index in [4.69, 9.17) is 4.74 Å². The van der Waals surface area contributed by atoms with Crippen molar-refractivity contribution in [1.29, 1.82) is 5.26 Å². The third-order valence-electron chi connectivity index (χ3n) is 11.3. The Morgan fingerprint density at radius 3 is 2.40 bits per heavy atom. The molecular formula is C38H44F6N8O5S. The van der Waals surface area contributed by atoms with E-state index >= 15 is 0 Å². The number of imide groups is 1. The summed E-state index contributed by atoms with van der Waals surface area (Å²) >= 11 is 4.69. The van der Waals surface area contributed by atoms with Gasteiger partial charge in [-0.3, -0.25) is 49.1 Å². The van der Waals surface area contributed by atoms with Crippen molar-refractivity contribution in [3.63, 3.8) is 0 Å². The number of alkyl halides is 6. The second kappa shape index (κ2) is 17.1. The molecule has 6 rings (SSSR count). The van der Waals surface area contributed by atoms with Gasteiger partial charge in [0.15, 0.2) is 0 Å². The molecule has 1 aromatic carbocycles. The number of carbonyl (C=O) groups excluding carboxylic acids is 4. The van der Waals surface area contributed by atoms with E-state index in [2.05, 4.69) is 28.2 Å². The van der Waals surface area contributed by atoms with E-state index in [1.807, 2.05) is 4.90 Å². The molecule has 20 heteroatoms. The van der Waals surface area contributed by atoms with Crippen LogP contribution >= 0.6 is 12.6 Å². The number of carbonyl (C=O) groups is 4. The molecule has 13 nitrogen and oxygen atoms in total. The third kappa shape index (κ3) is 9.44. The molecule has 1 aromatic heterocycles. The lowest BCUT2D eigenvalue weighted by Crippen LogP contribution is -2.60. The van der Waals surface area contributed by atoms with E-state index in [-0.39, 0.29) is 68.6 Å². The Morgan fingerprint density at radius 2 is 1.78 bits per heavy atom. The molecule has 3 aliphatic heterocycles. The van der Waals surface area contributed by atoms with Crippen LogP contribution in [0.25, 0.3) is 0 Å². The lowest BCUT2D eigenvalue weighted by molar-refractivity contribution is -0.197. The molecule has 1 aliphatic carbocycles. The number of thiol groups is 1. The van der Waals surface area contributed by atoms with E-state index in [0.717, 1.165) is 17.0 Å². The van der Waals surface area contributed by atoms with Gasteiger partial charge in [-0.15, -0.1) is 12.6 Å². The number of halogens is 6. The quantitative estimate of drug-likeness (QED) is 0.175. The maximum atomic E-state index is 14.2. The van der Waals surface area contributed by atoms with Crippen LogP contribution in [0.2, 0.25) is 0 Å². The van der Waals surface area contributed by atoms with E-state index in [1.165, 1.54) is 29.3 Å². The number of nitriles is 1. The first kappa shape index (κ1) is 43.3. The summed E-state index contributed by atoms with van der Waals surface area (Å²) in [5.41, 5.74) is -3.02. The molecule has 4 aliphatic rings. The van der Waals surface area contributed by atoms with Crippen LogP contribution in [0.3, 0.4) is 0 Å². The Balaban J connectivity index is 0.969. The van der Waals surface area contributed by atoms with Crippen LogP contribution in [-0.4, -0.2) is 118 Å². The van der Waals surface area contributed by atoms with Crippen molar-refractivity contribution in [2.24, 2.45) is 0 Å². The first-order valence-corrected chi connectivity index (χ1v) is 19.4. The van der Waals surface area contributed by atoms with Crippen molar-refractivity contribution in [3.8, 4) is 6.07 Å². The monoisotopic (exact) mass is 838 g/mol. The molecule has 4 amide bonds. The van der Waals surface area contributed by atoms with Crippen LogP contribution in [0, 0.1) is 11.3 Å². The van der Waals surface area contributed by atoms with Crippen LogP contribution < -0.4 is 15.5 Å². The van der Waals surface area contributed by atoms with E-state index in [1.54, 1.807) is 24.8 Å². The highest BCUT2D eigenvalue weighted by Crippen LogP contribution is 2.43. The number of nitrogens with zero attached hydrogens (tertiary/aromatic N) is 6. The van der Waals surface area contributed by atoms with Crippen molar-refractivity contribution < 1.29 is 50.3 Å². The van der Waals surface area contributed by atoms with Crippen LogP contribution in [0.1, 0.15) is 75.1 Å². The van der Waals surface area contributed by atoms with Gasteiger partial charge in [0.25, 0.3) is 0 Å². The van der Waals surface area contributed by atoms with Crippen LogP contribution in [-0.2, 0) is 30.1 Å². The van der Waals surface area contributed by atoms with Gasteiger partial charge in [0.05, 0.1) is 65.5 Å². The molecule has 3 saturated heterocycles. The molecule has 2 aromatic rings. The number of anilines is 2. The third-order valence-corrected chi connectivity index (χ3v) is 11.8. The number of piperazine rings is 1. The number of amides is 4. The van der Waals surface area contributed by atoms with E-state index in [0.29, 0.717) is 37.8 Å². The minimum atomic E-state index is -4.80. The molecular weight excluding hydrogens is 795 g/mol. The zero-order chi connectivity index (χ0) is 42.2. The molecule has 0 radical (unpaired) electrons. The molecule has 2 N–H and O–H groups in total. The number of nitrogens with one attached hydrogen (secondary N) is 2. The van der Waals surface area contributed by atoms with Crippen molar-refractivity contribution in [1.82, 2.24) is 25.0 Å². The van der Waals surface area contributed by atoms with Crippen molar-refractivity contribution in [3.05, 3.63) is 53.3 Å². The summed E-state index contributed by atoms with van der Waals surface area (Å²) in [6.45, 7) is 3.22. The van der Waals surface area contributed by atoms with Crippen LogP contribution in [0.4, 0.5) is 37.7 Å². The number of pyridine rings is 1. The predicted molar refractivity (Wildman–Crippen MR) is 200 cm³/mol. The van der Waals surface area contributed by atoms with Crippen molar-refractivity contribution in [2.45, 2.75) is 99.9 Å². The molecule has 58 heavy (non-hydrogen) atoms. The normalized spacial score (nSPS) is 26.4. The number of piperidine rings is 1. The maximum Gasteiger partial charge on any atom is 0.417 e. The summed E-state index contributed by atoms with van der Waals surface area (Å²) in [5.74, 6) is -2.53.